The van der Waals surface area contributed by atoms with Crippen LogP contribution in [0, 0.1) is 5.92 Å². The maximum Gasteiger partial charge on any atom is 0.232 e. The van der Waals surface area contributed by atoms with E-state index in [2.05, 4.69) is 23.2 Å². The van der Waals surface area contributed by atoms with Crippen LogP contribution in [0.15, 0.2) is 29.3 Å². The van der Waals surface area contributed by atoms with Gasteiger partial charge in [-0.3, -0.25) is 9.79 Å². The second-order valence-corrected chi connectivity index (χ2v) is 4.28. The zero-order valence-corrected chi connectivity index (χ0v) is 8.60. The number of hydrogen-bond acceptors (Lipinski definition) is 2. The van der Waals surface area contributed by atoms with Gasteiger partial charge in [0.15, 0.2) is 0 Å². The lowest BCUT2D eigenvalue weighted by Crippen LogP contribution is -2.41. The van der Waals surface area contributed by atoms with Crippen LogP contribution in [0.4, 0.5) is 0 Å². The first-order chi connectivity index (χ1) is 7.36. The van der Waals surface area contributed by atoms with E-state index in [-0.39, 0.29) is 17.9 Å². The van der Waals surface area contributed by atoms with Crippen molar-refractivity contribution in [1.82, 2.24) is 4.90 Å². The Labute approximate surface area is 89.2 Å². The first kappa shape index (κ1) is 8.89. The Hall–Kier alpha value is -1.38. The molecule has 2 heterocycles. The Balaban J connectivity index is 1.96. The molecule has 3 rings (SSSR count). The highest BCUT2D eigenvalue weighted by Gasteiger charge is 2.35. The summed E-state index contributed by atoms with van der Waals surface area (Å²) < 4.78 is 0. The maximum absolute atomic E-state index is 12.2. The maximum atomic E-state index is 12.2. The van der Waals surface area contributed by atoms with Gasteiger partial charge < -0.3 is 4.90 Å². The third-order valence-corrected chi connectivity index (χ3v) is 3.37. The fraction of sp³-hybridized carbons (Fsp3) is 0.500. The van der Waals surface area contributed by atoms with Gasteiger partial charge in [0.2, 0.25) is 5.91 Å². The van der Waals surface area contributed by atoms with E-state index in [4.69, 9.17) is 0 Å². The van der Waals surface area contributed by atoms with Crippen LogP contribution in [-0.4, -0.2) is 35.7 Å². The second kappa shape index (κ2) is 3.33. The molecule has 0 saturated heterocycles. The van der Waals surface area contributed by atoms with Gasteiger partial charge in [-0.1, -0.05) is 18.2 Å². The largest absolute Gasteiger partial charge is 0.330 e. The van der Waals surface area contributed by atoms with Gasteiger partial charge in [-0.25, -0.2) is 0 Å². The van der Waals surface area contributed by atoms with Crippen LogP contribution < -0.4 is 0 Å². The van der Waals surface area contributed by atoms with Crippen LogP contribution in [0.1, 0.15) is 12.8 Å². The average molecular weight is 202 g/mol. The summed E-state index contributed by atoms with van der Waals surface area (Å²) in [4.78, 5) is 18.7. The summed E-state index contributed by atoms with van der Waals surface area (Å²) in [5.74, 6) is 0.297. The molecule has 0 radical (unpaired) electrons. The van der Waals surface area contributed by atoms with E-state index < -0.39 is 0 Å². The molecule has 0 aromatic rings. The van der Waals surface area contributed by atoms with Crippen molar-refractivity contribution in [3.63, 3.8) is 0 Å². The number of allylic oxidation sites excluding steroid dienone is 2. The summed E-state index contributed by atoms with van der Waals surface area (Å²) in [7, 11) is 0. The zero-order valence-electron chi connectivity index (χ0n) is 8.60. The number of amides is 1. The molecular formula is C12H14N2O. The summed E-state index contributed by atoms with van der Waals surface area (Å²) in [5.41, 5.74) is 0.994. The van der Waals surface area contributed by atoms with Crippen molar-refractivity contribution >= 4 is 11.6 Å². The van der Waals surface area contributed by atoms with Crippen molar-refractivity contribution in [1.29, 1.82) is 0 Å². The van der Waals surface area contributed by atoms with Gasteiger partial charge in [-0.05, 0) is 18.9 Å². The number of fused-ring (bicyclic) bond motifs is 2. The van der Waals surface area contributed by atoms with E-state index in [1.807, 2.05) is 11.0 Å². The fourth-order valence-corrected chi connectivity index (χ4v) is 2.53. The van der Waals surface area contributed by atoms with Gasteiger partial charge in [0.05, 0.1) is 18.5 Å². The molecule has 0 fully saturated rings. The van der Waals surface area contributed by atoms with Crippen molar-refractivity contribution in [2.24, 2.45) is 10.9 Å². The molecule has 0 aromatic heterocycles. The van der Waals surface area contributed by atoms with Crippen LogP contribution in [-0.2, 0) is 4.79 Å². The third-order valence-electron chi connectivity index (χ3n) is 3.37. The van der Waals surface area contributed by atoms with Gasteiger partial charge in [0.25, 0.3) is 0 Å². The molecule has 2 unspecified atom stereocenters. The Morgan fingerprint density at radius 1 is 1.40 bits per heavy atom. The number of carbonyl (C=O) groups excluding carboxylic acids is 1. The smallest absolute Gasteiger partial charge is 0.232 e. The summed E-state index contributed by atoms with van der Waals surface area (Å²) in [6.07, 6.45) is 10.2. The predicted molar refractivity (Wildman–Crippen MR) is 58.8 cm³/mol. The number of hydrogen-bond donors (Lipinski definition) is 0. The molecule has 78 valence electrons. The molecular weight excluding hydrogens is 188 g/mol. The highest BCUT2D eigenvalue weighted by atomic mass is 16.2. The number of carbonyl (C=O) groups is 1. The standard InChI is InChI=1S/C12H14N2O/c15-12-10-5-1-2-6-11(10)13-8-9-4-3-7-14(9)12/h2-4,6,9-10H,1,5,7-8H2. The number of rotatable bonds is 0. The molecule has 2 atom stereocenters. The molecule has 0 N–H and O–H groups in total. The van der Waals surface area contributed by atoms with Gasteiger partial charge >= 0.3 is 0 Å². The van der Waals surface area contributed by atoms with Crippen molar-refractivity contribution in [2.75, 3.05) is 13.1 Å². The van der Waals surface area contributed by atoms with E-state index >= 15 is 0 Å². The highest BCUT2D eigenvalue weighted by molar-refractivity contribution is 6.11. The van der Waals surface area contributed by atoms with Crippen LogP contribution >= 0.6 is 0 Å². The minimum absolute atomic E-state index is 0.0277. The number of nitrogens with zero attached hydrogens (tertiary/aromatic N) is 2. The quantitative estimate of drug-likeness (QED) is 0.543. The van der Waals surface area contributed by atoms with Crippen molar-refractivity contribution < 1.29 is 4.79 Å². The normalized spacial score (nSPS) is 33.5. The molecule has 0 spiro atoms. The van der Waals surface area contributed by atoms with E-state index in [1.165, 1.54) is 0 Å². The SMILES string of the molecule is O=C1C2CCC=CC2=NCC2C=CCN12. The predicted octanol–water partition coefficient (Wildman–Crippen LogP) is 1.17. The minimum atomic E-state index is 0.0277. The Morgan fingerprint density at radius 3 is 3.27 bits per heavy atom. The second-order valence-electron chi connectivity index (χ2n) is 4.28. The Morgan fingerprint density at radius 2 is 2.33 bits per heavy atom. The first-order valence-corrected chi connectivity index (χ1v) is 5.54. The molecule has 1 amide bonds. The molecule has 1 aliphatic carbocycles. The summed E-state index contributed by atoms with van der Waals surface area (Å²) in [6, 6.07) is 0.212. The lowest BCUT2D eigenvalue weighted by molar-refractivity contribution is -0.133. The number of aliphatic imine (C=N–C) groups is 1. The molecule has 3 heteroatoms. The molecule has 2 aliphatic heterocycles. The van der Waals surface area contributed by atoms with Crippen LogP contribution in [0.25, 0.3) is 0 Å². The molecule has 0 saturated carbocycles. The molecule has 0 aromatic carbocycles. The van der Waals surface area contributed by atoms with Crippen LogP contribution in [0.5, 0.6) is 0 Å². The Bertz CT molecular complexity index is 381. The minimum Gasteiger partial charge on any atom is -0.330 e. The van der Waals surface area contributed by atoms with Gasteiger partial charge in [0.1, 0.15) is 0 Å². The van der Waals surface area contributed by atoms with Gasteiger partial charge in [-0.15, -0.1) is 0 Å². The van der Waals surface area contributed by atoms with E-state index in [0.717, 1.165) is 31.6 Å². The Kier molecular flexibility index (Phi) is 1.97. The summed E-state index contributed by atoms with van der Waals surface area (Å²) in [6.45, 7) is 1.50. The highest BCUT2D eigenvalue weighted by Crippen LogP contribution is 2.25. The van der Waals surface area contributed by atoms with E-state index in [1.54, 1.807) is 0 Å². The molecule has 0 bridgehead atoms. The average Bonchev–Trinajstić information content (AvgIpc) is 2.69. The molecule has 3 aliphatic rings. The van der Waals surface area contributed by atoms with E-state index in [9.17, 15) is 4.79 Å². The summed E-state index contributed by atoms with van der Waals surface area (Å²) >= 11 is 0. The summed E-state index contributed by atoms with van der Waals surface area (Å²) in [5, 5.41) is 0. The van der Waals surface area contributed by atoms with E-state index in [0.29, 0.717) is 0 Å². The van der Waals surface area contributed by atoms with Crippen LogP contribution in [0.3, 0.4) is 0 Å². The van der Waals surface area contributed by atoms with Crippen molar-refractivity contribution in [3.05, 3.63) is 24.3 Å². The topological polar surface area (TPSA) is 32.7 Å². The molecule has 3 nitrogen and oxygen atoms in total. The van der Waals surface area contributed by atoms with Crippen LogP contribution in [0.2, 0.25) is 0 Å². The van der Waals surface area contributed by atoms with Crippen molar-refractivity contribution in [2.45, 2.75) is 18.9 Å². The molecule has 15 heavy (non-hydrogen) atoms. The zero-order chi connectivity index (χ0) is 10.3. The van der Waals surface area contributed by atoms with Gasteiger partial charge in [0, 0.05) is 12.3 Å². The monoisotopic (exact) mass is 202 g/mol. The lowest BCUT2D eigenvalue weighted by Gasteiger charge is -2.25. The first-order valence-electron chi connectivity index (χ1n) is 5.54. The van der Waals surface area contributed by atoms with Gasteiger partial charge in [-0.2, -0.15) is 0 Å². The fourth-order valence-electron chi connectivity index (χ4n) is 2.53. The lowest BCUT2D eigenvalue weighted by atomic mass is 9.91. The van der Waals surface area contributed by atoms with Crippen molar-refractivity contribution in [3.8, 4) is 0 Å². The third kappa shape index (κ3) is 1.34.